The van der Waals surface area contributed by atoms with Gasteiger partial charge in [0.1, 0.15) is 11.5 Å². The van der Waals surface area contributed by atoms with Gasteiger partial charge in [-0.25, -0.2) is 9.18 Å². The van der Waals surface area contributed by atoms with Crippen LogP contribution in [0.15, 0.2) is 18.2 Å². The molecule has 6 heteroatoms. The van der Waals surface area contributed by atoms with Gasteiger partial charge in [0, 0.05) is 19.8 Å². The van der Waals surface area contributed by atoms with Gasteiger partial charge in [-0.2, -0.15) is 0 Å². The first-order valence-electron chi connectivity index (χ1n) is 6.96. The molecule has 0 spiro atoms. The Balaban J connectivity index is 2.19. The lowest BCUT2D eigenvalue weighted by atomic mass is 9.88. The summed E-state index contributed by atoms with van der Waals surface area (Å²) in [7, 11) is 3.40. The van der Waals surface area contributed by atoms with Crippen molar-refractivity contribution in [3.8, 4) is 0 Å². The number of nitrogens with one attached hydrogen (secondary N) is 2. The van der Waals surface area contributed by atoms with Crippen LogP contribution in [-0.2, 0) is 0 Å². The fourth-order valence-corrected chi connectivity index (χ4v) is 2.60. The average molecular weight is 313 g/mol. The quantitative estimate of drug-likeness (QED) is 0.837. The van der Waals surface area contributed by atoms with Crippen LogP contribution in [0.5, 0.6) is 0 Å². The third-order valence-electron chi connectivity index (χ3n) is 3.56. The topological polar surface area (TPSA) is 44.4 Å². The van der Waals surface area contributed by atoms with Crippen molar-refractivity contribution < 1.29 is 9.18 Å². The van der Waals surface area contributed by atoms with Crippen LogP contribution in [0.25, 0.3) is 0 Å². The number of hydrogen-bond acceptors (Lipinski definition) is 2. The molecule has 2 rings (SSSR count). The van der Waals surface area contributed by atoms with Gasteiger partial charge >= 0.3 is 6.03 Å². The van der Waals surface area contributed by atoms with Crippen LogP contribution in [-0.4, -0.2) is 30.7 Å². The summed E-state index contributed by atoms with van der Waals surface area (Å²) in [5.41, 5.74) is 0.136. The standard InChI is InChI=1S/C15H20ClFN3O/c1-20(2)14(21)19-15(8-4-3-5-9-15)18-11-6-7-13(17)12(16)10-11/h4,6-7,10,18H,3,5,8-9H2,1-2H3,(H,19,21). The van der Waals surface area contributed by atoms with Crippen molar-refractivity contribution in [1.29, 1.82) is 0 Å². The fraction of sp³-hybridized carbons (Fsp3) is 0.467. The SMILES string of the molecule is CN(C)C(=O)NC1(Nc2ccc(F)c(Cl)c2)C[CH]CCC1. The summed E-state index contributed by atoms with van der Waals surface area (Å²) in [6, 6.07) is 4.32. The zero-order valence-corrected chi connectivity index (χ0v) is 13.0. The molecule has 0 aliphatic heterocycles. The van der Waals surface area contributed by atoms with E-state index in [0.717, 1.165) is 19.3 Å². The predicted molar refractivity (Wildman–Crippen MR) is 82.8 cm³/mol. The maximum Gasteiger partial charge on any atom is 0.318 e. The van der Waals surface area contributed by atoms with Crippen molar-refractivity contribution in [1.82, 2.24) is 10.2 Å². The predicted octanol–water partition coefficient (Wildman–Crippen LogP) is 3.64. The molecule has 1 aliphatic carbocycles. The first-order chi connectivity index (χ1) is 9.92. The lowest BCUT2D eigenvalue weighted by Gasteiger charge is -2.40. The van der Waals surface area contributed by atoms with Crippen LogP contribution in [0.2, 0.25) is 5.02 Å². The number of carbonyl (C=O) groups is 1. The van der Waals surface area contributed by atoms with Gasteiger partial charge in [-0.05, 0) is 50.3 Å². The number of amides is 2. The minimum atomic E-state index is -0.555. The molecule has 1 aromatic carbocycles. The number of carbonyl (C=O) groups excluding carboxylic acids is 1. The number of halogens is 2. The third-order valence-corrected chi connectivity index (χ3v) is 3.85. The van der Waals surface area contributed by atoms with Gasteiger partial charge in [-0.3, -0.25) is 0 Å². The van der Waals surface area contributed by atoms with Crippen LogP contribution in [0.4, 0.5) is 14.9 Å². The van der Waals surface area contributed by atoms with Crippen LogP contribution in [0, 0.1) is 12.2 Å². The van der Waals surface area contributed by atoms with Crippen molar-refractivity contribution in [3.63, 3.8) is 0 Å². The molecule has 1 aromatic rings. The summed E-state index contributed by atoms with van der Waals surface area (Å²) in [5.74, 6) is -0.455. The number of rotatable bonds is 3. The summed E-state index contributed by atoms with van der Waals surface area (Å²) in [5, 5.41) is 6.39. The molecule has 1 aliphatic rings. The second-order valence-corrected chi connectivity index (χ2v) is 5.95. The molecule has 1 radical (unpaired) electrons. The van der Waals surface area contributed by atoms with Crippen LogP contribution < -0.4 is 10.6 Å². The Morgan fingerprint density at radius 1 is 1.43 bits per heavy atom. The zero-order valence-electron chi connectivity index (χ0n) is 12.2. The van der Waals surface area contributed by atoms with Crippen molar-refractivity contribution in [3.05, 3.63) is 35.5 Å². The van der Waals surface area contributed by atoms with E-state index < -0.39 is 11.5 Å². The minimum absolute atomic E-state index is 0.0638. The second-order valence-electron chi connectivity index (χ2n) is 5.55. The van der Waals surface area contributed by atoms with Crippen molar-refractivity contribution in [2.45, 2.75) is 31.3 Å². The molecule has 1 fully saturated rings. The number of nitrogens with zero attached hydrogens (tertiary/aromatic N) is 1. The molecule has 0 bridgehead atoms. The van der Waals surface area contributed by atoms with Gasteiger partial charge in [-0.15, -0.1) is 0 Å². The summed E-state index contributed by atoms with van der Waals surface area (Å²) in [4.78, 5) is 13.5. The second kappa shape index (κ2) is 6.52. The molecule has 1 atom stereocenters. The number of anilines is 1. The van der Waals surface area contributed by atoms with E-state index in [0.29, 0.717) is 12.1 Å². The van der Waals surface area contributed by atoms with Crippen molar-refractivity contribution in [2.24, 2.45) is 0 Å². The van der Waals surface area contributed by atoms with Gasteiger partial charge < -0.3 is 15.5 Å². The molecule has 2 amide bonds. The van der Waals surface area contributed by atoms with E-state index in [1.807, 2.05) is 0 Å². The number of benzene rings is 1. The van der Waals surface area contributed by atoms with Gasteiger partial charge in [0.15, 0.2) is 0 Å². The number of hydrogen-bond donors (Lipinski definition) is 2. The highest BCUT2D eigenvalue weighted by Gasteiger charge is 2.34. The van der Waals surface area contributed by atoms with Crippen molar-refractivity contribution >= 4 is 23.3 Å². The van der Waals surface area contributed by atoms with Gasteiger partial charge in [0.25, 0.3) is 0 Å². The minimum Gasteiger partial charge on any atom is -0.363 e. The Labute approximate surface area is 129 Å². The third kappa shape index (κ3) is 4.00. The summed E-state index contributed by atoms with van der Waals surface area (Å²) < 4.78 is 13.2. The van der Waals surface area contributed by atoms with Crippen LogP contribution in [0.1, 0.15) is 25.7 Å². The molecule has 0 aromatic heterocycles. The first kappa shape index (κ1) is 15.9. The molecule has 0 heterocycles. The van der Waals surface area contributed by atoms with Gasteiger partial charge in [-0.1, -0.05) is 11.6 Å². The summed E-state index contributed by atoms with van der Waals surface area (Å²) in [6.07, 6.45) is 5.68. The first-order valence-corrected chi connectivity index (χ1v) is 7.34. The van der Waals surface area contributed by atoms with Gasteiger partial charge in [0.2, 0.25) is 0 Å². The zero-order chi connectivity index (χ0) is 15.5. The molecule has 1 unspecified atom stereocenters. The molecule has 21 heavy (non-hydrogen) atoms. The molecular formula is C15H20ClFN3O. The fourth-order valence-electron chi connectivity index (χ4n) is 2.42. The van der Waals surface area contributed by atoms with E-state index >= 15 is 0 Å². The molecule has 4 nitrogen and oxygen atoms in total. The lowest BCUT2D eigenvalue weighted by molar-refractivity contribution is 0.198. The average Bonchev–Trinajstić information content (AvgIpc) is 2.43. The highest BCUT2D eigenvalue weighted by Crippen LogP contribution is 2.30. The molecule has 2 N–H and O–H groups in total. The van der Waals surface area contributed by atoms with E-state index in [1.54, 1.807) is 20.2 Å². The molecular weight excluding hydrogens is 293 g/mol. The Morgan fingerprint density at radius 2 is 2.19 bits per heavy atom. The van der Waals surface area contributed by atoms with Crippen molar-refractivity contribution in [2.75, 3.05) is 19.4 Å². The van der Waals surface area contributed by atoms with E-state index in [4.69, 9.17) is 11.6 Å². The highest BCUT2D eigenvalue weighted by atomic mass is 35.5. The maximum atomic E-state index is 13.2. The van der Waals surface area contributed by atoms with E-state index in [9.17, 15) is 9.18 Å². The van der Waals surface area contributed by atoms with E-state index in [-0.39, 0.29) is 11.1 Å². The largest absolute Gasteiger partial charge is 0.363 e. The maximum absolute atomic E-state index is 13.2. The number of urea groups is 1. The molecule has 1 saturated carbocycles. The smallest absolute Gasteiger partial charge is 0.318 e. The van der Waals surface area contributed by atoms with E-state index in [2.05, 4.69) is 17.1 Å². The summed E-state index contributed by atoms with van der Waals surface area (Å²) in [6.45, 7) is 0. The van der Waals surface area contributed by atoms with Crippen LogP contribution >= 0.6 is 11.6 Å². The summed E-state index contributed by atoms with van der Waals surface area (Å²) >= 11 is 5.81. The Bertz CT molecular complexity index is 516. The normalized spacial score (nSPS) is 17.1. The highest BCUT2D eigenvalue weighted by molar-refractivity contribution is 6.31. The van der Waals surface area contributed by atoms with Crippen LogP contribution in [0.3, 0.4) is 0 Å². The Hall–Kier alpha value is -1.49. The van der Waals surface area contributed by atoms with E-state index in [1.165, 1.54) is 17.0 Å². The Morgan fingerprint density at radius 3 is 2.76 bits per heavy atom. The molecule has 115 valence electrons. The monoisotopic (exact) mass is 312 g/mol. The molecule has 0 saturated heterocycles. The Kier molecular flexibility index (Phi) is 4.93. The van der Waals surface area contributed by atoms with Gasteiger partial charge in [0.05, 0.1) is 5.02 Å². The lowest BCUT2D eigenvalue weighted by Crippen LogP contribution is -2.57.